The maximum Gasteiger partial charge on any atom is 0.253 e. The molecular weight excluding hydrogens is 362 g/mol. The van der Waals surface area contributed by atoms with E-state index in [1.54, 1.807) is 24.1 Å². The predicted molar refractivity (Wildman–Crippen MR) is 110 cm³/mol. The number of hydrogen-bond acceptors (Lipinski definition) is 4. The molecule has 1 aromatic carbocycles. The van der Waals surface area contributed by atoms with Gasteiger partial charge in [0.2, 0.25) is 10.0 Å². The van der Waals surface area contributed by atoms with Crippen LogP contribution in [0.2, 0.25) is 0 Å². The van der Waals surface area contributed by atoms with Crippen LogP contribution in [0.25, 0.3) is 0 Å². The molecule has 0 aromatic heterocycles. The van der Waals surface area contributed by atoms with E-state index in [1.165, 1.54) is 16.4 Å². The molecule has 0 aliphatic heterocycles. The van der Waals surface area contributed by atoms with Gasteiger partial charge < -0.3 is 10.6 Å². The second-order valence-corrected chi connectivity index (χ2v) is 9.29. The van der Waals surface area contributed by atoms with E-state index in [0.29, 0.717) is 31.1 Å². The summed E-state index contributed by atoms with van der Waals surface area (Å²) in [6.45, 7) is 9.60. The normalized spacial score (nSPS) is 13.2. The fourth-order valence-corrected chi connectivity index (χ4v) is 4.39. The topological polar surface area (TPSA) is 83.7 Å². The van der Waals surface area contributed by atoms with Gasteiger partial charge in [0.15, 0.2) is 0 Å². The summed E-state index contributed by atoms with van der Waals surface area (Å²) in [4.78, 5) is 14.4. The van der Waals surface area contributed by atoms with Crippen LogP contribution in [-0.4, -0.2) is 56.3 Å². The Kier molecular flexibility index (Phi) is 9.42. The van der Waals surface area contributed by atoms with Crippen LogP contribution >= 0.6 is 0 Å². The quantitative estimate of drug-likeness (QED) is 0.622. The zero-order chi connectivity index (χ0) is 20.6. The minimum atomic E-state index is -3.53. The van der Waals surface area contributed by atoms with Gasteiger partial charge in [-0.15, -0.1) is 0 Å². The first-order valence-corrected chi connectivity index (χ1v) is 11.2. The minimum Gasteiger partial charge on any atom is -0.342 e. The van der Waals surface area contributed by atoms with Crippen molar-refractivity contribution in [1.82, 2.24) is 9.21 Å². The van der Waals surface area contributed by atoms with Crippen molar-refractivity contribution in [3.63, 3.8) is 0 Å². The van der Waals surface area contributed by atoms with Gasteiger partial charge in [0.1, 0.15) is 0 Å². The molecule has 1 unspecified atom stereocenters. The maximum atomic E-state index is 12.8. The van der Waals surface area contributed by atoms with E-state index >= 15 is 0 Å². The summed E-state index contributed by atoms with van der Waals surface area (Å²) in [5.41, 5.74) is 6.52. The smallest absolute Gasteiger partial charge is 0.253 e. The van der Waals surface area contributed by atoms with Crippen LogP contribution in [-0.2, 0) is 10.0 Å². The SMILES string of the molecule is CCCN(CCC)S(=O)(=O)c1ccc(C(=O)N(C)CCC(N)C(C)C)cc1. The lowest BCUT2D eigenvalue weighted by atomic mass is 10.0. The Balaban J connectivity index is 2.86. The van der Waals surface area contributed by atoms with Crippen LogP contribution in [0, 0.1) is 5.92 Å². The number of benzene rings is 1. The van der Waals surface area contributed by atoms with Crippen molar-refractivity contribution in [2.24, 2.45) is 11.7 Å². The minimum absolute atomic E-state index is 0.0517. The molecule has 0 bridgehead atoms. The van der Waals surface area contributed by atoms with E-state index in [4.69, 9.17) is 5.73 Å². The Morgan fingerprint density at radius 1 is 1.04 bits per heavy atom. The van der Waals surface area contributed by atoms with Crippen molar-refractivity contribution >= 4 is 15.9 Å². The average molecular weight is 398 g/mol. The van der Waals surface area contributed by atoms with Crippen LogP contribution in [0.3, 0.4) is 0 Å². The summed E-state index contributed by atoms with van der Waals surface area (Å²) in [5, 5.41) is 0. The number of hydrogen-bond donors (Lipinski definition) is 1. The Morgan fingerprint density at radius 3 is 2.00 bits per heavy atom. The predicted octanol–water partition coefficient (Wildman–Crippen LogP) is 2.94. The molecule has 27 heavy (non-hydrogen) atoms. The largest absolute Gasteiger partial charge is 0.342 e. The molecule has 1 amide bonds. The highest BCUT2D eigenvalue weighted by molar-refractivity contribution is 7.89. The van der Waals surface area contributed by atoms with Gasteiger partial charge in [-0.25, -0.2) is 8.42 Å². The molecule has 154 valence electrons. The number of carbonyl (C=O) groups is 1. The Bertz CT molecular complexity index is 681. The summed E-state index contributed by atoms with van der Waals surface area (Å²) >= 11 is 0. The lowest BCUT2D eigenvalue weighted by molar-refractivity contribution is 0.0789. The first-order chi connectivity index (χ1) is 12.6. The van der Waals surface area contributed by atoms with Crippen molar-refractivity contribution in [1.29, 1.82) is 0 Å². The van der Waals surface area contributed by atoms with E-state index in [2.05, 4.69) is 13.8 Å². The van der Waals surface area contributed by atoms with Gasteiger partial charge in [-0.2, -0.15) is 4.31 Å². The standard InChI is InChI=1S/C20H35N3O3S/c1-6-13-23(14-7-2)27(25,26)18-10-8-17(9-11-18)20(24)22(5)15-12-19(21)16(3)4/h8-11,16,19H,6-7,12-15,21H2,1-5H3. The second-order valence-electron chi connectivity index (χ2n) is 7.35. The molecule has 0 saturated carbocycles. The summed E-state index contributed by atoms with van der Waals surface area (Å²) in [6.07, 6.45) is 2.26. The summed E-state index contributed by atoms with van der Waals surface area (Å²) in [5.74, 6) is 0.237. The van der Waals surface area contributed by atoms with E-state index < -0.39 is 10.0 Å². The van der Waals surface area contributed by atoms with Gasteiger partial charge in [0.25, 0.3) is 5.91 Å². The Labute approximate surface area is 164 Å². The third-order valence-electron chi connectivity index (χ3n) is 4.69. The molecule has 0 aliphatic carbocycles. The molecule has 0 aliphatic rings. The third-order valence-corrected chi connectivity index (χ3v) is 6.60. The zero-order valence-corrected chi connectivity index (χ0v) is 18.1. The molecule has 0 radical (unpaired) electrons. The molecular formula is C20H35N3O3S. The van der Waals surface area contributed by atoms with Gasteiger partial charge >= 0.3 is 0 Å². The maximum absolute atomic E-state index is 12.8. The molecule has 2 N–H and O–H groups in total. The molecule has 0 saturated heterocycles. The molecule has 0 spiro atoms. The van der Waals surface area contributed by atoms with Gasteiger partial charge in [-0.1, -0.05) is 27.7 Å². The van der Waals surface area contributed by atoms with Crippen molar-refractivity contribution in [3.05, 3.63) is 29.8 Å². The number of nitrogens with zero attached hydrogens (tertiary/aromatic N) is 2. The van der Waals surface area contributed by atoms with E-state index in [1.807, 2.05) is 13.8 Å². The number of rotatable bonds is 11. The van der Waals surface area contributed by atoms with Crippen LogP contribution in [0.5, 0.6) is 0 Å². The zero-order valence-electron chi connectivity index (χ0n) is 17.3. The lowest BCUT2D eigenvalue weighted by Crippen LogP contribution is -2.34. The number of nitrogens with two attached hydrogens (primary N) is 1. The molecule has 1 rings (SSSR count). The number of carbonyl (C=O) groups excluding carboxylic acids is 1. The Morgan fingerprint density at radius 2 is 1.56 bits per heavy atom. The number of sulfonamides is 1. The highest BCUT2D eigenvalue weighted by atomic mass is 32.2. The molecule has 0 heterocycles. The molecule has 0 fully saturated rings. The lowest BCUT2D eigenvalue weighted by Gasteiger charge is -2.22. The van der Waals surface area contributed by atoms with Crippen molar-refractivity contribution in [2.45, 2.75) is 57.9 Å². The number of amides is 1. The Hall–Kier alpha value is -1.44. The van der Waals surface area contributed by atoms with Crippen LogP contribution < -0.4 is 5.73 Å². The van der Waals surface area contributed by atoms with E-state index in [-0.39, 0.29) is 16.8 Å². The monoisotopic (exact) mass is 397 g/mol. The molecule has 7 heteroatoms. The van der Waals surface area contributed by atoms with Crippen LogP contribution in [0.15, 0.2) is 29.2 Å². The van der Waals surface area contributed by atoms with Gasteiger partial charge in [0, 0.05) is 38.3 Å². The van der Waals surface area contributed by atoms with Crippen molar-refractivity contribution in [3.8, 4) is 0 Å². The molecule has 1 atom stereocenters. The van der Waals surface area contributed by atoms with Crippen molar-refractivity contribution < 1.29 is 13.2 Å². The second kappa shape index (κ2) is 10.8. The highest BCUT2D eigenvalue weighted by Gasteiger charge is 2.23. The van der Waals surface area contributed by atoms with Crippen LogP contribution in [0.4, 0.5) is 0 Å². The fourth-order valence-electron chi connectivity index (χ4n) is 2.77. The summed E-state index contributed by atoms with van der Waals surface area (Å²) in [6, 6.07) is 6.27. The van der Waals surface area contributed by atoms with E-state index in [9.17, 15) is 13.2 Å². The molecule has 6 nitrogen and oxygen atoms in total. The van der Waals surface area contributed by atoms with Gasteiger partial charge in [-0.05, 0) is 49.4 Å². The average Bonchev–Trinajstić information content (AvgIpc) is 2.64. The van der Waals surface area contributed by atoms with Crippen LogP contribution in [0.1, 0.15) is 57.3 Å². The summed E-state index contributed by atoms with van der Waals surface area (Å²) < 4.78 is 27.1. The highest BCUT2D eigenvalue weighted by Crippen LogP contribution is 2.18. The van der Waals surface area contributed by atoms with Crippen molar-refractivity contribution in [2.75, 3.05) is 26.7 Å². The van der Waals surface area contributed by atoms with Gasteiger partial charge in [-0.3, -0.25) is 4.79 Å². The summed E-state index contributed by atoms with van der Waals surface area (Å²) in [7, 11) is -1.79. The third kappa shape index (κ3) is 6.59. The first kappa shape index (κ1) is 23.6. The first-order valence-electron chi connectivity index (χ1n) is 9.76. The van der Waals surface area contributed by atoms with Gasteiger partial charge in [0.05, 0.1) is 4.90 Å². The van der Waals surface area contributed by atoms with E-state index in [0.717, 1.165) is 19.3 Å². The molecule has 1 aromatic rings. The fraction of sp³-hybridized carbons (Fsp3) is 0.650.